The fourth-order valence-electron chi connectivity index (χ4n) is 1.94. The Bertz CT molecular complexity index is 717. The lowest BCUT2D eigenvalue weighted by Crippen LogP contribution is -2.41. The number of likely N-dealkylation sites (N-methyl/N-ethyl adjacent to an activating group) is 1. The molecule has 1 atom stereocenters. The summed E-state index contributed by atoms with van der Waals surface area (Å²) in [5.41, 5.74) is 0.406. The molecule has 0 spiro atoms. The Hall–Kier alpha value is -2.49. The molecule has 2 rings (SSSR count). The molecule has 1 aromatic carbocycles. The van der Waals surface area contributed by atoms with Crippen molar-refractivity contribution in [2.45, 2.75) is 18.8 Å². The number of rotatable bonds is 5. The molecule has 1 aromatic heterocycles. The van der Waals surface area contributed by atoms with Crippen LogP contribution in [-0.4, -0.2) is 56.8 Å². The second kappa shape index (κ2) is 6.95. The van der Waals surface area contributed by atoms with E-state index in [0.29, 0.717) is 10.5 Å². The van der Waals surface area contributed by atoms with Crippen molar-refractivity contribution in [1.82, 2.24) is 19.9 Å². The number of hydrogen-bond donors (Lipinski definition) is 1. The zero-order chi connectivity index (χ0) is 17.9. The van der Waals surface area contributed by atoms with Gasteiger partial charge in [0.15, 0.2) is 11.8 Å². The van der Waals surface area contributed by atoms with Crippen LogP contribution in [0, 0.1) is 5.82 Å². The lowest BCUT2D eigenvalue weighted by molar-refractivity contribution is -0.205. The normalized spacial score (nSPS) is 12.9. The molecular weight excluding hydrogens is 332 g/mol. The standard InChI is InChI=1S/C14H14F4N4O2/c1-21(8-12(23)14(16,17)18)13(24)11-7-22(20-19-11)6-9-3-2-4-10(15)5-9/h2-5,7,12,23H,6,8H2,1H3. The average molecular weight is 346 g/mol. The summed E-state index contributed by atoms with van der Waals surface area (Å²) < 4.78 is 51.3. The molecule has 0 fully saturated rings. The Kier molecular flexibility index (Phi) is 5.17. The van der Waals surface area contributed by atoms with Crippen LogP contribution in [0.5, 0.6) is 0 Å². The van der Waals surface area contributed by atoms with Crippen molar-refractivity contribution < 1.29 is 27.5 Å². The first kappa shape index (κ1) is 17.9. The van der Waals surface area contributed by atoms with E-state index in [4.69, 9.17) is 5.11 Å². The topological polar surface area (TPSA) is 71.2 Å². The van der Waals surface area contributed by atoms with Gasteiger partial charge in [0.2, 0.25) is 0 Å². The fourth-order valence-corrected chi connectivity index (χ4v) is 1.94. The molecule has 0 aliphatic carbocycles. The maximum absolute atomic E-state index is 13.1. The van der Waals surface area contributed by atoms with E-state index in [1.165, 1.54) is 29.1 Å². The number of aromatic nitrogens is 3. The monoisotopic (exact) mass is 346 g/mol. The highest BCUT2D eigenvalue weighted by atomic mass is 19.4. The van der Waals surface area contributed by atoms with E-state index < -0.39 is 30.5 Å². The maximum atomic E-state index is 13.1. The highest BCUT2D eigenvalue weighted by Crippen LogP contribution is 2.20. The van der Waals surface area contributed by atoms with Gasteiger partial charge in [-0.05, 0) is 17.7 Å². The molecule has 24 heavy (non-hydrogen) atoms. The number of hydrogen-bond acceptors (Lipinski definition) is 4. The summed E-state index contributed by atoms with van der Waals surface area (Å²) in [6, 6.07) is 5.73. The first-order valence-electron chi connectivity index (χ1n) is 6.81. The molecule has 1 heterocycles. The molecule has 1 N–H and O–H groups in total. The fraction of sp³-hybridized carbons (Fsp3) is 0.357. The Balaban J connectivity index is 2.02. The molecule has 0 bridgehead atoms. The van der Waals surface area contributed by atoms with Gasteiger partial charge in [0.05, 0.1) is 19.3 Å². The SMILES string of the molecule is CN(CC(O)C(F)(F)F)C(=O)c1cn(Cc2cccc(F)c2)nn1. The van der Waals surface area contributed by atoms with Gasteiger partial charge >= 0.3 is 6.18 Å². The third-order valence-corrected chi connectivity index (χ3v) is 3.16. The third kappa shape index (κ3) is 4.51. The number of aliphatic hydroxyl groups is 1. The number of carbonyl (C=O) groups excluding carboxylic acids is 1. The second-order valence-corrected chi connectivity index (χ2v) is 5.17. The summed E-state index contributed by atoms with van der Waals surface area (Å²) >= 11 is 0. The number of halogens is 4. The highest BCUT2D eigenvalue weighted by molar-refractivity contribution is 5.91. The van der Waals surface area contributed by atoms with Gasteiger partial charge < -0.3 is 10.0 Å². The molecule has 6 nitrogen and oxygen atoms in total. The number of amides is 1. The Morgan fingerprint density at radius 3 is 2.75 bits per heavy atom. The van der Waals surface area contributed by atoms with E-state index in [-0.39, 0.29) is 12.2 Å². The van der Waals surface area contributed by atoms with Crippen LogP contribution in [0.4, 0.5) is 17.6 Å². The van der Waals surface area contributed by atoms with Crippen LogP contribution in [0.15, 0.2) is 30.5 Å². The van der Waals surface area contributed by atoms with E-state index in [0.717, 1.165) is 7.05 Å². The Labute approximate surface area is 134 Å². The molecule has 1 unspecified atom stereocenters. The van der Waals surface area contributed by atoms with Crippen molar-refractivity contribution >= 4 is 5.91 Å². The lowest BCUT2D eigenvalue weighted by atomic mass is 10.2. The van der Waals surface area contributed by atoms with Gasteiger partial charge in [0.1, 0.15) is 5.82 Å². The van der Waals surface area contributed by atoms with Gasteiger partial charge in [-0.2, -0.15) is 13.2 Å². The number of aliphatic hydroxyl groups excluding tert-OH is 1. The summed E-state index contributed by atoms with van der Waals surface area (Å²) in [7, 11) is 1.11. The second-order valence-electron chi connectivity index (χ2n) is 5.17. The van der Waals surface area contributed by atoms with Crippen molar-refractivity contribution in [3.8, 4) is 0 Å². The van der Waals surface area contributed by atoms with Crippen LogP contribution >= 0.6 is 0 Å². The van der Waals surface area contributed by atoms with Crippen molar-refractivity contribution in [2.75, 3.05) is 13.6 Å². The van der Waals surface area contributed by atoms with Crippen molar-refractivity contribution in [2.24, 2.45) is 0 Å². The minimum absolute atomic E-state index is 0.146. The van der Waals surface area contributed by atoms with Crippen LogP contribution < -0.4 is 0 Å². The summed E-state index contributed by atoms with van der Waals surface area (Å²) in [6.45, 7) is -0.772. The molecule has 0 saturated carbocycles. The molecule has 130 valence electrons. The summed E-state index contributed by atoms with van der Waals surface area (Å²) in [5.74, 6) is -1.24. The van der Waals surface area contributed by atoms with Gasteiger partial charge in [-0.3, -0.25) is 4.79 Å². The van der Waals surface area contributed by atoms with Gasteiger partial charge in [-0.15, -0.1) is 5.10 Å². The van der Waals surface area contributed by atoms with Crippen LogP contribution in [0.2, 0.25) is 0 Å². The zero-order valence-corrected chi connectivity index (χ0v) is 12.5. The molecule has 0 aliphatic heterocycles. The molecule has 10 heteroatoms. The van der Waals surface area contributed by atoms with Crippen LogP contribution in [-0.2, 0) is 6.54 Å². The molecule has 0 aliphatic rings. The lowest BCUT2D eigenvalue weighted by Gasteiger charge is -2.21. The largest absolute Gasteiger partial charge is 0.416 e. The molecule has 1 amide bonds. The number of nitrogens with zero attached hydrogens (tertiary/aromatic N) is 4. The molecule has 0 radical (unpaired) electrons. The van der Waals surface area contributed by atoms with Crippen molar-refractivity contribution in [1.29, 1.82) is 0 Å². The van der Waals surface area contributed by atoms with E-state index in [2.05, 4.69) is 10.3 Å². The maximum Gasteiger partial charge on any atom is 0.416 e. The number of carbonyl (C=O) groups is 1. The first-order valence-corrected chi connectivity index (χ1v) is 6.81. The Morgan fingerprint density at radius 1 is 1.42 bits per heavy atom. The first-order chi connectivity index (χ1) is 11.2. The zero-order valence-electron chi connectivity index (χ0n) is 12.5. The van der Waals surface area contributed by atoms with Crippen molar-refractivity contribution in [3.63, 3.8) is 0 Å². The van der Waals surface area contributed by atoms with E-state index in [1.807, 2.05) is 0 Å². The van der Waals surface area contributed by atoms with Crippen LogP contribution in [0.1, 0.15) is 16.1 Å². The van der Waals surface area contributed by atoms with Gasteiger partial charge in [0.25, 0.3) is 5.91 Å². The van der Waals surface area contributed by atoms with E-state index in [1.54, 1.807) is 6.07 Å². The molecular formula is C14H14F4N4O2. The quantitative estimate of drug-likeness (QED) is 0.832. The van der Waals surface area contributed by atoms with Gasteiger partial charge in [-0.25, -0.2) is 9.07 Å². The predicted molar refractivity (Wildman–Crippen MR) is 74.5 cm³/mol. The minimum Gasteiger partial charge on any atom is -0.382 e. The summed E-state index contributed by atoms with van der Waals surface area (Å²) in [4.78, 5) is 12.7. The van der Waals surface area contributed by atoms with Crippen LogP contribution in [0.3, 0.4) is 0 Å². The van der Waals surface area contributed by atoms with Crippen LogP contribution in [0.25, 0.3) is 0 Å². The van der Waals surface area contributed by atoms with Gasteiger partial charge in [-0.1, -0.05) is 17.3 Å². The summed E-state index contributed by atoms with van der Waals surface area (Å²) in [6.07, 6.45) is -6.22. The minimum atomic E-state index is -4.82. The molecule has 0 saturated heterocycles. The van der Waals surface area contributed by atoms with E-state index >= 15 is 0 Å². The third-order valence-electron chi connectivity index (χ3n) is 3.16. The predicted octanol–water partition coefficient (Wildman–Crippen LogP) is 1.46. The van der Waals surface area contributed by atoms with Crippen molar-refractivity contribution in [3.05, 3.63) is 47.5 Å². The summed E-state index contributed by atoms with van der Waals surface area (Å²) in [5, 5.41) is 16.3. The number of alkyl halides is 3. The number of benzene rings is 1. The van der Waals surface area contributed by atoms with E-state index in [9.17, 15) is 22.4 Å². The Morgan fingerprint density at radius 2 is 2.12 bits per heavy atom. The smallest absolute Gasteiger partial charge is 0.382 e. The molecule has 2 aromatic rings. The highest BCUT2D eigenvalue weighted by Gasteiger charge is 2.39. The van der Waals surface area contributed by atoms with Gasteiger partial charge in [0, 0.05) is 7.05 Å². The average Bonchev–Trinajstić information content (AvgIpc) is 2.93.